The van der Waals surface area contributed by atoms with E-state index in [0.29, 0.717) is 16.8 Å². The number of carboxylic acid groups (broad SMARTS) is 1. The van der Waals surface area contributed by atoms with Gasteiger partial charge in [0.2, 0.25) is 0 Å². The third kappa shape index (κ3) is 2.51. The summed E-state index contributed by atoms with van der Waals surface area (Å²) in [6, 6.07) is 8.99. The molecule has 3 rings (SSSR count). The average molecular weight is 284 g/mol. The second-order valence-electron chi connectivity index (χ2n) is 4.25. The zero-order chi connectivity index (χ0) is 14.8. The smallest absolute Gasteiger partial charge is 0.392 e. The van der Waals surface area contributed by atoms with Crippen molar-refractivity contribution in [2.75, 3.05) is 0 Å². The maximum absolute atomic E-state index is 13.0. The molecular weight excluding hydrogens is 275 g/mol. The molecular formula is C15H9FN2O3. The van der Waals surface area contributed by atoms with Gasteiger partial charge in [0.1, 0.15) is 11.5 Å². The van der Waals surface area contributed by atoms with Crippen LogP contribution in [0.2, 0.25) is 0 Å². The summed E-state index contributed by atoms with van der Waals surface area (Å²) in [6.07, 6.45) is 3.15. The minimum Gasteiger partial charge on any atom is -0.474 e. The monoisotopic (exact) mass is 284 g/mol. The van der Waals surface area contributed by atoms with Gasteiger partial charge < -0.3 is 9.52 Å². The number of aromatic carboxylic acids is 1. The number of carbonyl (C=O) groups is 1. The molecule has 0 unspecified atom stereocenters. The summed E-state index contributed by atoms with van der Waals surface area (Å²) in [4.78, 5) is 19.0. The van der Waals surface area contributed by atoms with E-state index in [1.54, 1.807) is 24.5 Å². The predicted octanol–water partition coefficient (Wildman–Crippen LogP) is 3.24. The number of halogens is 1. The first kappa shape index (κ1) is 13.0. The molecule has 0 saturated heterocycles. The molecule has 0 fully saturated rings. The van der Waals surface area contributed by atoms with Crippen molar-refractivity contribution >= 4 is 5.97 Å². The molecule has 3 aromatic rings. The summed E-state index contributed by atoms with van der Waals surface area (Å²) >= 11 is 0. The molecule has 0 saturated carbocycles. The van der Waals surface area contributed by atoms with Crippen molar-refractivity contribution in [2.24, 2.45) is 0 Å². The highest BCUT2D eigenvalue weighted by Crippen LogP contribution is 2.32. The van der Waals surface area contributed by atoms with E-state index < -0.39 is 11.9 Å². The van der Waals surface area contributed by atoms with Crippen LogP contribution in [-0.4, -0.2) is 21.0 Å². The van der Waals surface area contributed by atoms with Gasteiger partial charge in [0.25, 0.3) is 0 Å². The predicted molar refractivity (Wildman–Crippen MR) is 72.1 cm³/mol. The molecule has 1 aromatic carbocycles. The lowest BCUT2D eigenvalue weighted by atomic mass is 10.1. The maximum atomic E-state index is 13.0. The largest absolute Gasteiger partial charge is 0.474 e. The van der Waals surface area contributed by atoms with E-state index in [4.69, 9.17) is 9.52 Å². The van der Waals surface area contributed by atoms with Crippen LogP contribution >= 0.6 is 0 Å². The van der Waals surface area contributed by atoms with Gasteiger partial charge in [-0.3, -0.25) is 4.98 Å². The topological polar surface area (TPSA) is 76.2 Å². The summed E-state index contributed by atoms with van der Waals surface area (Å²) in [5.41, 5.74) is 1.51. The molecule has 0 spiro atoms. The molecule has 2 aromatic heterocycles. The normalized spacial score (nSPS) is 10.5. The molecule has 0 bridgehead atoms. The molecule has 0 atom stereocenters. The zero-order valence-electron chi connectivity index (χ0n) is 10.7. The van der Waals surface area contributed by atoms with Crippen LogP contribution in [0.15, 0.2) is 53.2 Å². The lowest BCUT2D eigenvalue weighted by molar-refractivity contribution is 0.0654. The number of hydrogen-bond donors (Lipinski definition) is 1. The first-order chi connectivity index (χ1) is 10.1. The van der Waals surface area contributed by atoms with Gasteiger partial charge in [-0.25, -0.2) is 14.2 Å². The lowest BCUT2D eigenvalue weighted by Crippen LogP contribution is -1.95. The van der Waals surface area contributed by atoms with E-state index in [-0.39, 0.29) is 11.6 Å². The Morgan fingerprint density at radius 3 is 2.52 bits per heavy atom. The number of nitrogens with zero attached hydrogens (tertiary/aromatic N) is 2. The Bertz CT molecular complexity index is 782. The molecule has 0 aliphatic carbocycles. The fourth-order valence-electron chi connectivity index (χ4n) is 1.91. The number of rotatable bonds is 3. The number of hydrogen-bond acceptors (Lipinski definition) is 4. The Balaban J connectivity index is 2.19. The first-order valence-corrected chi connectivity index (χ1v) is 6.05. The van der Waals surface area contributed by atoms with Crippen LogP contribution < -0.4 is 0 Å². The number of carboxylic acids is 1. The minimum atomic E-state index is -1.27. The van der Waals surface area contributed by atoms with E-state index in [1.165, 1.54) is 24.3 Å². The third-order valence-electron chi connectivity index (χ3n) is 2.85. The lowest BCUT2D eigenvalue weighted by Gasteiger charge is -2.00. The maximum Gasteiger partial charge on any atom is 0.392 e. The van der Waals surface area contributed by atoms with Gasteiger partial charge >= 0.3 is 11.9 Å². The van der Waals surface area contributed by atoms with E-state index >= 15 is 0 Å². The van der Waals surface area contributed by atoms with E-state index in [2.05, 4.69) is 9.97 Å². The molecule has 1 N–H and O–H groups in total. The van der Waals surface area contributed by atoms with Crippen LogP contribution in [0.25, 0.3) is 22.6 Å². The molecule has 6 heteroatoms. The van der Waals surface area contributed by atoms with Crippen LogP contribution in [0.5, 0.6) is 0 Å². The fraction of sp³-hybridized carbons (Fsp3) is 0. The number of aromatic nitrogens is 2. The van der Waals surface area contributed by atoms with Crippen molar-refractivity contribution in [3.8, 4) is 22.6 Å². The Kier molecular flexibility index (Phi) is 3.19. The van der Waals surface area contributed by atoms with Gasteiger partial charge in [-0.15, -0.1) is 0 Å². The summed E-state index contributed by atoms with van der Waals surface area (Å²) < 4.78 is 18.3. The van der Waals surface area contributed by atoms with Gasteiger partial charge in [-0.05, 0) is 36.4 Å². The van der Waals surface area contributed by atoms with Crippen molar-refractivity contribution in [2.45, 2.75) is 0 Å². The highest BCUT2D eigenvalue weighted by Gasteiger charge is 2.20. The van der Waals surface area contributed by atoms with Crippen LogP contribution in [0.3, 0.4) is 0 Å². The second-order valence-corrected chi connectivity index (χ2v) is 4.25. The van der Waals surface area contributed by atoms with Crippen LogP contribution in [-0.2, 0) is 0 Å². The fourth-order valence-corrected chi connectivity index (χ4v) is 1.91. The third-order valence-corrected chi connectivity index (χ3v) is 2.85. The van der Waals surface area contributed by atoms with Crippen molar-refractivity contribution in [3.05, 3.63) is 60.5 Å². The van der Waals surface area contributed by atoms with Gasteiger partial charge in [0.05, 0.1) is 0 Å². The molecule has 0 radical (unpaired) electrons. The SMILES string of the molecule is O=C(O)c1nc(-c2cccnc2)c(-c2ccc(F)cc2)o1. The van der Waals surface area contributed by atoms with Crippen molar-refractivity contribution < 1.29 is 18.7 Å². The van der Waals surface area contributed by atoms with Gasteiger partial charge in [-0.2, -0.15) is 0 Å². The summed E-state index contributed by atoms with van der Waals surface area (Å²) in [5.74, 6) is -1.82. The Labute approximate surface area is 118 Å². The van der Waals surface area contributed by atoms with Gasteiger partial charge in [0, 0.05) is 23.5 Å². The second kappa shape index (κ2) is 5.16. The van der Waals surface area contributed by atoms with Crippen LogP contribution in [0.1, 0.15) is 10.7 Å². The summed E-state index contributed by atoms with van der Waals surface area (Å²) in [5, 5.41) is 9.03. The van der Waals surface area contributed by atoms with E-state index in [9.17, 15) is 9.18 Å². The van der Waals surface area contributed by atoms with Crippen molar-refractivity contribution in [1.82, 2.24) is 9.97 Å². The van der Waals surface area contributed by atoms with Crippen molar-refractivity contribution in [1.29, 1.82) is 0 Å². The van der Waals surface area contributed by atoms with Crippen molar-refractivity contribution in [3.63, 3.8) is 0 Å². The first-order valence-electron chi connectivity index (χ1n) is 6.05. The van der Waals surface area contributed by atoms with Gasteiger partial charge in [0.15, 0.2) is 5.76 Å². The average Bonchev–Trinajstić information content (AvgIpc) is 2.94. The Morgan fingerprint density at radius 2 is 1.90 bits per heavy atom. The molecule has 2 heterocycles. The molecule has 5 nitrogen and oxygen atoms in total. The zero-order valence-corrected chi connectivity index (χ0v) is 10.7. The summed E-state index contributed by atoms with van der Waals surface area (Å²) in [6.45, 7) is 0. The highest BCUT2D eigenvalue weighted by atomic mass is 19.1. The van der Waals surface area contributed by atoms with E-state index in [0.717, 1.165) is 0 Å². The standard InChI is InChI=1S/C15H9FN2O3/c16-11-5-3-9(4-6-11)13-12(10-2-1-7-17-8-10)18-14(21-13)15(19)20/h1-8H,(H,19,20). The molecule has 0 amide bonds. The minimum absolute atomic E-state index is 0.264. The van der Waals surface area contributed by atoms with Crippen LogP contribution in [0.4, 0.5) is 4.39 Å². The quantitative estimate of drug-likeness (QED) is 0.799. The number of pyridine rings is 1. The molecule has 0 aliphatic heterocycles. The van der Waals surface area contributed by atoms with Gasteiger partial charge in [-0.1, -0.05) is 0 Å². The Morgan fingerprint density at radius 1 is 1.14 bits per heavy atom. The Hall–Kier alpha value is -3.02. The molecule has 0 aliphatic rings. The number of benzene rings is 1. The van der Waals surface area contributed by atoms with E-state index in [1.807, 2.05) is 0 Å². The molecule has 21 heavy (non-hydrogen) atoms. The summed E-state index contributed by atoms with van der Waals surface area (Å²) in [7, 11) is 0. The number of oxazole rings is 1. The van der Waals surface area contributed by atoms with Crippen LogP contribution in [0, 0.1) is 5.82 Å². The molecule has 104 valence electrons. The highest BCUT2D eigenvalue weighted by molar-refractivity contribution is 5.86.